The lowest BCUT2D eigenvalue weighted by Crippen LogP contribution is -2.36. The molecule has 1 unspecified atom stereocenters. The summed E-state index contributed by atoms with van der Waals surface area (Å²) in [6.45, 7) is 12.5. The van der Waals surface area contributed by atoms with Crippen molar-refractivity contribution in [2.45, 2.75) is 59.6 Å². The molecule has 9 nitrogen and oxygen atoms in total. The Bertz CT molecular complexity index is 1070. The van der Waals surface area contributed by atoms with Gasteiger partial charge in [-0.3, -0.25) is 9.59 Å². The number of rotatable bonds is 9. The number of anilines is 1. The van der Waals surface area contributed by atoms with Gasteiger partial charge < -0.3 is 31.0 Å². The van der Waals surface area contributed by atoms with Gasteiger partial charge in [0.2, 0.25) is 6.41 Å². The Kier molecular flexibility index (Phi) is 10.3. The first-order valence-corrected chi connectivity index (χ1v) is 12.6. The maximum atomic E-state index is 13.1. The largest absolute Gasteiger partial charge is 0.444 e. The molecule has 196 valence electrons. The minimum absolute atomic E-state index is 0.0377. The summed E-state index contributed by atoms with van der Waals surface area (Å²) in [6.07, 6.45) is 3.99. The monoisotopic (exact) mass is 561 g/mol. The molecule has 0 spiro atoms. The summed E-state index contributed by atoms with van der Waals surface area (Å²) < 4.78 is 6.17. The second-order valence-corrected chi connectivity index (χ2v) is 10.8. The van der Waals surface area contributed by atoms with Crippen LogP contribution in [0.4, 0.5) is 10.5 Å². The quantitative estimate of drug-likeness (QED) is 0.199. The molecule has 3 amide bonds. The van der Waals surface area contributed by atoms with Crippen molar-refractivity contribution in [1.82, 2.24) is 15.5 Å². The third-order valence-corrected chi connectivity index (χ3v) is 6.10. The van der Waals surface area contributed by atoms with Crippen molar-refractivity contribution in [3.8, 4) is 0 Å². The van der Waals surface area contributed by atoms with Crippen LogP contribution in [0, 0.1) is 5.41 Å². The zero-order chi connectivity index (χ0) is 27.0. The van der Waals surface area contributed by atoms with E-state index in [1.807, 2.05) is 46.8 Å². The van der Waals surface area contributed by atoms with E-state index in [1.165, 1.54) is 0 Å². The number of allylic oxidation sites excluding steroid dienone is 3. The van der Waals surface area contributed by atoms with Gasteiger partial charge in [-0.1, -0.05) is 21.5 Å². The van der Waals surface area contributed by atoms with Gasteiger partial charge in [0.05, 0.1) is 5.56 Å². The molecule has 1 saturated heterocycles. The van der Waals surface area contributed by atoms with Crippen LogP contribution in [0.3, 0.4) is 0 Å². The van der Waals surface area contributed by atoms with E-state index in [0.29, 0.717) is 53.0 Å². The molecule has 0 aromatic heterocycles. The first kappa shape index (κ1) is 29.1. The number of amides is 3. The normalized spacial score (nSPS) is 16.7. The van der Waals surface area contributed by atoms with E-state index in [2.05, 4.69) is 31.9 Å². The van der Waals surface area contributed by atoms with Crippen LogP contribution in [0.25, 0.3) is 0 Å². The fourth-order valence-corrected chi connectivity index (χ4v) is 4.16. The minimum atomic E-state index is -0.559. The van der Waals surface area contributed by atoms with Gasteiger partial charge in [-0.15, -0.1) is 0 Å². The predicted molar refractivity (Wildman–Crippen MR) is 146 cm³/mol. The van der Waals surface area contributed by atoms with Crippen molar-refractivity contribution in [3.05, 3.63) is 50.7 Å². The maximum absolute atomic E-state index is 13.1. The maximum Gasteiger partial charge on any atom is 0.410 e. The summed E-state index contributed by atoms with van der Waals surface area (Å²) in [5.41, 5.74) is 3.49. The number of nitrogens with one attached hydrogen (secondary N) is 4. The van der Waals surface area contributed by atoms with Gasteiger partial charge in [-0.05, 0) is 71.7 Å². The number of benzene rings is 1. The van der Waals surface area contributed by atoms with Crippen molar-refractivity contribution in [1.29, 1.82) is 5.41 Å². The Morgan fingerprint density at radius 2 is 1.94 bits per heavy atom. The molecule has 4 N–H and O–H groups in total. The van der Waals surface area contributed by atoms with E-state index in [1.54, 1.807) is 17.9 Å². The number of ether oxygens (including phenoxy) is 1. The van der Waals surface area contributed by atoms with Crippen molar-refractivity contribution in [3.63, 3.8) is 0 Å². The highest BCUT2D eigenvalue weighted by molar-refractivity contribution is 9.10. The number of likely N-dealkylation sites (tertiary alicyclic amines) is 1. The molecule has 0 bridgehead atoms. The van der Waals surface area contributed by atoms with Gasteiger partial charge in [0.1, 0.15) is 5.60 Å². The molecule has 1 aromatic carbocycles. The number of nitrogens with zero attached hydrogens (tertiary/aromatic N) is 1. The third kappa shape index (κ3) is 8.51. The summed E-state index contributed by atoms with van der Waals surface area (Å²) in [4.78, 5) is 37.7. The first-order valence-electron chi connectivity index (χ1n) is 11.8. The highest BCUT2D eigenvalue weighted by Gasteiger charge is 2.30. The minimum Gasteiger partial charge on any atom is -0.444 e. The Labute approximate surface area is 221 Å². The van der Waals surface area contributed by atoms with E-state index < -0.39 is 5.60 Å². The lowest BCUT2D eigenvalue weighted by molar-refractivity contribution is -0.108. The number of hydrogen-bond acceptors (Lipinski definition) is 6. The molecule has 1 aliphatic heterocycles. The van der Waals surface area contributed by atoms with Gasteiger partial charge in [0.15, 0.2) is 0 Å². The molecule has 1 aromatic rings. The van der Waals surface area contributed by atoms with Gasteiger partial charge in [0, 0.05) is 53.3 Å². The van der Waals surface area contributed by atoms with Gasteiger partial charge >= 0.3 is 6.09 Å². The molecule has 0 radical (unpaired) electrons. The Hall–Kier alpha value is -3.14. The van der Waals surface area contributed by atoms with E-state index in [9.17, 15) is 14.4 Å². The fourth-order valence-electron chi connectivity index (χ4n) is 3.70. The van der Waals surface area contributed by atoms with Crippen LogP contribution < -0.4 is 16.0 Å². The second-order valence-electron chi connectivity index (χ2n) is 9.85. The molecule has 1 aliphatic rings. The molecule has 36 heavy (non-hydrogen) atoms. The lowest BCUT2D eigenvalue weighted by atomic mass is 10.0. The summed E-state index contributed by atoms with van der Waals surface area (Å²) in [6, 6.07) is 3.48. The Balaban J connectivity index is 2.14. The summed E-state index contributed by atoms with van der Waals surface area (Å²) in [5, 5.41) is 16.9. The van der Waals surface area contributed by atoms with Crippen LogP contribution in [0.2, 0.25) is 0 Å². The van der Waals surface area contributed by atoms with Crippen LogP contribution in [-0.2, 0) is 9.53 Å². The molecule has 2 rings (SSSR count). The molecule has 0 saturated carbocycles. The lowest BCUT2D eigenvalue weighted by Gasteiger charge is -2.24. The average molecular weight is 563 g/mol. The van der Waals surface area contributed by atoms with Crippen molar-refractivity contribution in [2.24, 2.45) is 0 Å². The number of hydrogen-bond donors (Lipinski definition) is 4. The standard InChI is InChI=1S/C26H36BrN5O4/c1-16(9-18(3)30-15-33)17(2)13-29-24(34)21-10-19(27)11-23(22(21)12-28)31-20-7-8-32(14-20)25(35)36-26(4,5)6/h9-12,15,20,28,31H,7-8,13-14H2,1-6H3,(H,29,34)(H,30,33)/b17-16+,18-9-,28-12?. The van der Waals surface area contributed by atoms with Crippen LogP contribution in [-0.4, -0.2) is 60.8 Å². The SMILES string of the molecule is C/C(=C/C(C)=C(\C)CNC(=O)c1cc(Br)cc(NC2CCN(C(=O)OC(C)(C)C)C2)c1C=N)NC=O. The van der Waals surface area contributed by atoms with Crippen LogP contribution in [0.1, 0.15) is 63.9 Å². The molecule has 1 heterocycles. The highest BCUT2D eigenvalue weighted by Crippen LogP contribution is 2.27. The fraction of sp³-hybridized carbons (Fsp3) is 0.462. The smallest absolute Gasteiger partial charge is 0.410 e. The number of carbonyl (C=O) groups is 3. The van der Waals surface area contributed by atoms with E-state index in [-0.39, 0.29) is 18.0 Å². The molecule has 0 aliphatic carbocycles. The Morgan fingerprint density at radius 3 is 2.56 bits per heavy atom. The van der Waals surface area contributed by atoms with Gasteiger partial charge in [-0.2, -0.15) is 0 Å². The van der Waals surface area contributed by atoms with E-state index in [4.69, 9.17) is 10.1 Å². The first-order chi connectivity index (χ1) is 16.8. The topological polar surface area (TPSA) is 124 Å². The molecular formula is C26H36BrN5O4. The highest BCUT2D eigenvalue weighted by atomic mass is 79.9. The zero-order valence-corrected chi connectivity index (χ0v) is 23.3. The van der Waals surface area contributed by atoms with Gasteiger partial charge in [-0.25, -0.2) is 4.79 Å². The van der Waals surface area contributed by atoms with Crippen LogP contribution in [0.5, 0.6) is 0 Å². The average Bonchev–Trinajstić information content (AvgIpc) is 3.24. The Morgan fingerprint density at radius 1 is 1.25 bits per heavy atom. The molecule has 1 atom stereocenters. The molecule has 10 heteroatoms. The summed E-state index contributed by atoms with van der Waals surface area (Å²) >= 11 is 3.48. The second kappa shape index (κ2) is 12.7. The van der Waals surface area contributed by atoms with E-state index in [0.717, 1.165) is 23.8 Å². The van der Waals surface area contributed by atoms with E-state index >= 15 is 0 Å². The molecular weight excluding hydrogens is 526 g/mol. The van der Waals surface area contributed by atoms with Crippen molar-refractivity contribution in [2.75, 3.05) is 25.0 Å². The number of carbonyl (C=O) groups excluding carboxylic acids is 3. The third-order valence-electron chi connectivity index (χ3n) is 5.64. The summed E-state index contributed by atoms with van der Waals surface area (Å²) in [7, 11) is 0. The summed E-state index contributed by atoms with van der Waals surface area (Å²) in [5.74, 6) is -0.307. The van der Waals surface area contributed by atoms with Gasteiger partial charge in [0.25, 0.3) is 5.91 Å². The number of halogens is 1. The van der Waals surface area contributed by atoms with Crippen LogP contribution in [0.15, 0.2) is 39.5 Å². The van der Waals surface area contributed by atoms with Crippen molar-refractivity contribution < 1.29 is 19.1 Å². The van der Waals surface area contributed by atoms with Crippen molar-refractivity contribution >= 4 is 46.2 Å². The molecule has 1 fully saturated rings. The predicted octanol–water partition coefficient (Wildman–Crippen LogP) is 4.58. The zero-order valence-electron chi connectivity index (χ0n) is 21.8. The van der Waals surface area contributed by atoms with Crippen LogP contribution >= 0.6 is 15.9 Å².